The average Bonchev–Trinajstić information content (AvgIpc) is 1.94. The lowest BCUT2D eigenvalue weighted by atomic mass is 10.3. The Morgan fingerprint density at radius 2 is 2.50 bits per heavy atom. The molecule has 0 spiro atoms. The van der Waals surface area contributed by atoms with E-state index in [-0.39, 0.29) is 12.8 Å². The van der Waals surface area contributed by atoms with Crippen LogP contribution in [0.4, 0.5) is 0 Å². The number of aliphatic hydroxyl groups excluding tert-OH is 1. The summed E-state index contributed by atoms with van der Waals surface area (Å²) in [5.41, 5.74) is 5.72. The Morgan fingerprint density at radius 1 is 1.70 bits per heavy atom. The van der Waals surface area contributed by atoms with E-state index in [0.717, 1.165) is 19.6 Å². The third-order valence-electron chi connectivity index (χ3n) is 1.79. The van der Waals surface area contributed by atoms with Crippen molar-refractivity contribution in [3.63, 3.8) is 0 Å². The van der Waals surface area contributed by atoms with E-state index >= 15 is 0 Å². The van der Waals surface area contributed by atoms with Gasteiger partial charge in [0.25, 0.3) is 0 Å². The Hall–Kier alpha value is -0.160. The summed E-state index contributed by atoms with van der Waals surface area (Å²) in [6.07, 6.45) is 0.0842. The lowest BCUT2D eigenvalue weighted by Crippen LogP contribution is -2.56. The molecule has 0 radical (unpaired) electrons. The van der Waals surface area contributed by atoms with Gasteiger partial charge in [0.2, 0.25) is 0 Å². The molecule has 1 saturated heterocycles. The summed E-state index contributed by atoms with van der Waals surface area (Å²) in [4.78, 5) is 2.08. The Bertz CT molecular complexity index is 97.0. The Kier molecular flexibility index (Phi) is 3.08. The minimum atomic E-state index is 0.0842. The van der Waals surface area contributed by atoms with E-state index in [1.807, 2.05) is 0 Å². The number of hydrogen-bond acceptors (Lipinski definition) is 4. The highest BCUT2D eigenvalue weighted by molar-refractivity contribution is 4.74. The van der Waals surface area contributed by atoms with E-state index in [0.29, 0.717) is 6.54 Å². The maximum absolute atomic E-state index is 8.62. The van der Waals surface area contributed by atoms with Gasteiger partial charge in [0.1, 0.15) is 0 Å². The van der Waals surface area contributed by atoms with Crippen LogP contribution in [0.15, 0.2) is 0 Å². The highest BCUT2D eigenvalue weighted by atomic mass is 16.3. The molecule has 4 nitrogen and oxygen atoms in total. The summed E-state index contributed by atoms with van der Waals surface area (Å²) in [6, 6.07) is 0. The molecule has 1 aliphatic heterocycles. The van der Waals surface area contributed by atoms with Gasteiger partial charge in [-0.15, -0.1) is 0 Å². The fourth-order valence-electron chi connectivity index (χ4n) is 1.17. The molecule has 1 aliphatic rings. The van der Waals surface area contributed by atoms with Crippen molar-refractivity contribution in [2.24, 2.45) is 5.73 Å². The molecule has 1 heterocycles. The molecule has 0 aromatic rings. The van der Waals surface area contributed by atoms with Crippen LogP contribution in [0.25, 0.3) is 0 Å². The molecular weight excluding hydrogens is 130 g/mol. The van der Waals surface area contributed by atoms with Gasteiger partial charge >= 0.3 is 0 Å². The average molecular weight is 145 g/mol. The van der Waals surface area contributed by atoms with Gasteiger partial charge in [-0.3, -0.25) is 4.90 Å². The van der Waals surface area contributed by atoms with Crippen molar-refractivity contribution in [1.82, 2.24) is 10.2 Å². The lowest BCUT2D eigenvalue weighted by Gasteiger charge is -2.32. The molecule has 10 heavy (non-hydrogen) atoms. The fourth-order valence-corrected chi connectivity index (χ4v) is 1.17. The molecular formula is C6H15N3O. The first-order valence-corrected chi connectivity index (χ1v) is 3.66. The maximum atomic E-state index is 8.62. The molecule has 0 amide bonds. The molecule has 0 saturated carbocycles. The van der Waals surface area contributed by atoms with E-state index in [2.05, 4.69) is 10.2 Å². The summed E-state index contributed by atoms with van der Waals surface area (Å²) in [5, 5.41) is 11.8. The summed E-state index contributed by atoms with van der Waals surface area (Å²) in [7, 11) is 0. The van der Waals surface area contributed by atoms with Gasteiger partial charge in [0.05, 0.1) is 12.8 Å². The predicted molar refractivity (Wildman–Crippen MR) is 39.5 cm³/mol. The number of aliphatic hydroxyl groups is 1. The van der Waals surface area contributed by atoms with Crippen molar-refractivity contribution in [1.29, 1.82) is 0 Å². The lowest BCUT2D eigenvalue weighted by molar-refractivity contribution is 0.130. The van der Waals surface area contributed by atoms with E-state index in [4.69, 9.17) is 10.8 Å². The molecule has 1 fully saturated rings. The van der Waals surface area contributed by atoms with Crippen LogP contribution >= 0.6 is 0 Å². The van der Waals surface area contributed by atoms with Crippen LogP contribution in [-0.2, 0) is 0 Å². The first kappa shape index (κ1) is 7.94. The number of nitrogens with two attached hydrogens (primary N) is 1. The second kappa shape index (κ2) is 3.88. The molecule has 0 aromatic heterocycles. The van der Waals surface area contributed by atoms with Gasteiger partial charge in [-0.1, -0.05) is 0 Å². The van der Waals surface area contributed by atoms with Gasteiger partial charge in [-0.25, -0.2) is 0 Å². The summed E-state index contributed by atoms with van der Waals surface area (Å²) >= 11 is 0. The Balaban J connectivity index is 2.25. The van der Waals surface area contributed by atoms with E-state index in [1.54, 1.807) is 0 Å². The standard InChI is InChI=1S/C6H15N3O/c7-6-5-8-1-2-9(6)3-4-10/h6,8,10H,1-5,7H2. The van der Waals surface area contributed by atoms with Crippen LogP contribution in [0, 0.1) is 0 Å². The molecule has 60 valence electrons. The molecule has 4 N–H and O–H groups in total. The van der Waals surface area contributed by atoms with Crippen LogP contribution in [0.5, 0.6) is 0 Å². The minimum Gasteiger partial charge on any atom is -0.395 e. The van der Waals surface area contributed by atoms with Crippen molar-refractivity contribution in [2.45, 2.75) is 6.17 Å². The number of nitrogens with one attached hydrogen (secondary N) is 1. The van der Waals surface area contributed by atoms with E-state index < -0.39 is 0 Å². The number of rotatable bonds is 2. The zero-order valence-electron chi connectivity index (χ0n) is 6.08. The van der Waals surface area contributed by atoms with Crippen molar-refractivity contribution >= 4 is 0 Å². The van der Waals surface area contributed by atoms with Gasteiger partial charge in [0.15, 0.2) is 0 Å². The zero-order valence-corrected chi connectivity index (χ0v) is 6.08. The van der Waals surface area contributed by atoms with Crippen LogP contribution in [0.2, 0.25) is 0 Å². The van der Waals surface area contributed by atoms with Gasteiger partial charge in [0, 0.05) is 26.2 Å². The molecule has 0 bridgehead atoms. The second-order valence-electron chi connectivity index (χ2n) is 2.53. The van der Waals surface area contributed by atoms with Gasteiger partial charge < -0.3 is 16.2 Å². The number of β-amino-alcohol motifs (C(OH)–C–C–N with tert-alkyl or cyclic N) is 1. The Labute approximate surface area is 61.0 Å². The van der Waals surface area contributed by atoms with Gasteiger partial charge in [-0.05, 0) is 0 Å². The van der Waals surface area contributed by atoms with Crippen molar-refractivity contribution in [3.8, 4) is 0 Å². The van der Waals surface area contributed by atoms with Crippen LogP contribution in [0.1, 0.15) is 0 Å². The quantitative estimate of drug-likeness (QED) is 0.428. The molecule has 4 heteroatoms. The SMILES string of the molecule is NC1CNCCN1CCO. The summed E-state index contributed by atoms with van der Waals surface area (Å²) in [6.45, 7) is 3.66. The minimum absolute atomic E-state index is 0.0842. The van der Waals surface area contributed by atoms with E-state index in [1.165, 1.54) is 0 Å². The third-order valence-corrected chi connectivity index (χ3v) is 1.79. The topological polar surface area (TPSA) is 61.5 Å². The molecule has 0 aliphatic carbocycles. The van der Waals surface area contributed by atoms with E-state index in [9.17, 15) is 0 Å². The molecule has 1 atom stereocenters. The smallest absolute Gasteiger partial charge is 0.0701 e. The first-order chi connectivity index (χ1) is 4.84. The van der Waals surface area contributed by atoms with Crippen LogP contribution in [-0.4, -0.2) is 49.0 Å². The highest BCUT2D eigenvalue weighted by Gasteiger charge is 2.16. The molecule has 0 aromatic carbocycles. The predicted octanol–water partition coefficient (Wildman–Crippen LogP) is -1.83. The largest absolute Gasteiger partial charge is 0.395 e. The second-order valence-corrected chi connectivity index (χ2v) is 2.53. The number of piperazine rings is 1. The monoisotopic (exact) mass is 145 g/mol. The first-order valence-electron chi connectivity index (χ1n) is 3.66. The number of hydrogen-bond donors (Lipinski definition) is 3. The molecule has 1 rings (SSSR count). The van der Waals surface area contributed by atoms with Crippen molar-refractivity contribution < 1.29 is 5.11 Å². The fraction of sp³-hybridized carbons (Fsp3) is 1.00. The highest BCUT2D eigenvalue weighted by Crippen LogP contribution is 1.95. The van der Waals surface area contributed by atoms with Crippen LogP contribution in [0.3, 0.4) is 0 Å². The zero-order chi connectivity index (χ0) is 7.40. The maximum Gasteiger partial charge on any atom is 0.0701 e. The third kappa shape index (κ3) is 1.91. The molecule has 1 unspecified atom stereocenters. The van der Waals surface area contributed by atoms with Gasteiger partial charge in [-0.2, -0.15) is 0 Å². The van der Waals surface area contributed by atoms with Crippen molar-refractivity contribution in [2.75, 3.05) is 32.8 Å². The number of nitrogens with zero attached hydrogens (tertiary/aromatic N) is 1. The summed E-state index contributed by atoms with van der Waals surface area (Å²) in [5.74, 6) is 0. The van der Waals surface area contributed by atoms with Crippen LogP contribution < -0.4 is 11.1 Å². The van der Waals surface area contributed by atoms with Crippen molar-refractivity contribution in [3.05, 3.63) is 0 Å². The summed E-state index contributed by atoms with van der Waals surface area (Å²) < 4.78 is 0. The normalized spacial score (nSPS) is 28.8. The Morgan fingerprint density at radius 3 is 3.10 bits per heavy atom.